The normalized spacial score (nSPS) is 16.1. The number of nitriles is 1. The molecule has 3 rings (SSSR count). The van der Waals surface area contributed by atoms with E-state index in [9.17, 15) is 20.2 Å². The number of nitro benzene ring substituents is 1. The number of anilines is 1. The number of benzene rings is 1. The standard InChI is InChI=1S/C17H15N3O3S/c1-10-5-6-13-14(9-18)17(24-15(13)7-10)19-16(21)11-3-2-4-12(8-11)20(22)23/h2-4,8,10H,5-7H2,1H3,(H,19,21)/t10-/m1/s1. The maximum Gasteiger partial charge on any atom is 0.270 e. The van der Waals surface area contributed by atoms with Crippen LogP contribution in [0.25, 0.3) is 0 Å². The third-order valence-electron chi connectivity index (χ3n) is 4.17. The van der Waals surface area contributed by atoms with Gasteiger partial charge in [0.2, 0.25) is 0 Å². The second-order valence-corrected chi connectivity index (χ2v) is 7.03. The van der Waals surface area contributed by atoms with E-state index < -0.39 is 10.8 Å². The van der Waals surface area contributed by atoms with Crippen LogP contribution in [0.1, 0.15) is 39.7 Å². The van der Waals surface area contributed by atoms with Crippen molar-refractivity contribution in [3.8, 4) is 6.07 Å². The van der Waals surface area contributed by atoms with Crippen LogP contribution in [0.2, 0.25) is 0 Å². The minimum Gasteiger partial charge on any atom is -0.312 e. The SMILES string of the molecule is C[C@@H]1CCc2c(sc(NC(=O)c3cccc([N+](=O)[O-])c3)c2C#N)C1. The van der Waals surface area contributed by atoms with Crippen molar-refractivity contribution < 1.29 is 9.72 Å². The lowest BCUT2D eigenvalue weighted by molar-refractivity contribution is -0.384. The highest BCUT2D eigenvalue weighted by Gasteiger charge is 2.25. The number of nitrogens with one attached hydrogen (secondary N) is 1. The molecule has 1 N–H and O–H groups in total. The van der Waals surface area contributed by atoms with Crippen LogP contribution >= 0.6 is 11.3 Å². The van der Waals surface area contributed by atoms with Crippen molar-refractivity contribution in [2.24, 2.45) is 5.92 Å². The van der Waals surface area contributed by atoms with Crippen LogP contribution in [0.15, 0.2) is 24.3 Å². The highest BCUT2D eigenvalue weighted by atomic mass is 32.1. The number of carbonyl (C=O) groups excluding carboxylic acids is 1. The van der Waals surface area contributed by atoms with E-state index >= 15 is 0 Å². The number of amides is 1. The smallest absolute Gasteiger partial charge is 0.270 e. The zero-order valence-electron chi connectivity index (χ0n) is 13.0. The Morgan fingerprint density at radius 2 is 2.29 bits per heavy atom. The summed E-state index contributed by atoms with van der Waals surface area (Å²) in [6, 6.07) is 7.75. The number of fused-ring (bicyclic) bond motifs is 1. The highest BCUT2D eigenvalue weighted by Crippen LogP contribution is 2.39. The summed E-state index contributed by atoms with van der Waals surface area (Å²) < 4.78 is 0. The molecule has 24 heavy (non-hydrogen) atoms. The van der Waals surface area contributed by atoms with Gasteiger partial charge < -0.3 is 5.32 Å². The summed E-state index contributed by atoms with van der Waals surface area (Å²) in [4.78, 5) is 23.8. The number of hydrogen-bond donors (Lipinski definition) is 1. The van der Waals surface area contributed by atoms with E-state index in [1.165, 1.54) is 35.6 Å². The molecule has 1 heterocycles. The molecule has 0 aliphatic heterocycles. The molecule has 0 fully saturated rings. The maximum absolute atomic E-state index is 12.4. The predicted molar refractivity (Wildman–Crippen MR) is 91.3 cm³/mol. The Labute approximate surface area is 142 Å². The molecular formula is C17H15N3O3S. The van der Waals surface area contributed by atoms with Crippen molar-refractivity contribution in [2.75, 3.05) is 5.32 Å². The van der Waals surface area contributed by atoms with Gasteiger partial charge in [-0.2, -0.15) is 5.26 Å². The lowest BCUT2D eigenvalue weighted by Gasteiger charge is -2.17. The van der Waals surface area contributed by atoms with Crippen molar-refractivity contribution in [3.05, 3.63) is 55.9 Å². The molecule has 1 aliphatic rings. The number of nitro groups is 1. The Morgan fingerprint density at radius 1 is 1.50 bits per heavy atom. The molecule has 0 unspecified atom stereocenters. The van der Waals surface area contributed by atoms with Crippen molar-refractivity contribution in [1.29, 1.82) is 5.26 Å². The molecule has 0 saturated heterocycles. The van der Waals surface area contributed by atoms with Gasteiger partial charge in [-0.05, 0) is 36.8 Å². The summed E-state index contributed by atoms with van der Waals surface area (Å²) in [7, 11) is 0. The van der Waals surface area contributed by atoms with E-state index in [1.54, 1.807) is 0 Å². The monoisotopic (exact) mass is 341 g/mol. The number of nitrogens with zero attached hydrogens (tertiary/aromatic N) is 2. The molecule has 7 heteroatoms. The first kappa shape index (κ1) is 16.1. The van der Waals surface area contributed by atoms with Gasteiger partial charge in [0.05, 0.1) is 10.5 Å². The first-order valence-electron chi connectivity index (χ1n) is 7.60. The average molecular weight is 341 g/mol. The molecule has 1 atom stereocenters. The predicted octanol–water partition coefficient (Wildman–Crippen LogP) is 3.91. The summed E-state index contributed by atoms with van der Waals surface area (Å²) in [5.41, 5.74) is 1.63. The number of non-ortho nitro benzene ring substituents is 1. The fourth-order valence-corrected chi connectivity index (χ4v) is 4.25. The molecule has 0 radical (unpaired) electrons. The quantitative estimate of drug-likeness (QED) is 0.676. The Balaban J connectivity index is 1.89. The molecule has 6 nitrogen and oxygen atoms in total. The third kappa shape index (κ3) is 3.01. The van der Waals surface area contributed by atoms with Gasteiger partial charge in [-0.3, -0.25) is 14.9 Å². The fourth-order valence-electron chi connectivity index (χ4n) is 2.89. The lowest BCUT2D eigenvalue weighted by atomic mass is 9.88. The molecule has 1 aromatic carbocycles. The first-order chi connectivity index (χ1) is 11.5. The zero-order valence-corrected chi connectivity index (χ0v) is 13.9. The first-order valence-corrected chi connectivity index (χ1v) is 8.41. The molecule has 1 aromatic heterocycles. The van der Waals surface area contributed by atoms with Crippen molar-refractivity contribution in [2.45, 2.75) is 26.2 Å². The van der Waals surface area contributed by atoms with Crippen LogP contribution in [-0.4, -0.2) is 10.8 Å². The molecule has 1 aliphatic carbocycles. The van der Waals surface area contributed by atoms with Gasteiger partial charge >= 0.3 is 0 Å². The Morgan fingerprint density at radius 3 is 3.00 bits per heavy atom. The second-order valence-electron chi connectivity index (χ2n) is 5.93. The molecule has 0 saturated carbocycles. The van der Waals surface area contributed by atoms with Crippen LogP contribution in [0.5, 0.6) is 0 Å². The zero-order chi connectivity index (χ0) is 17.3. The van der Waals surface area contributed by atoms with Gasteiger partial charge in [0.1, 0.15) is 11.1 Å². The summed E-state index contributed by atoms with van der Waals surface area (Å²) in [5.74, 6) is 0.130. The van der Waals surface area contributed by atoms with Gasteiger partial charge in [0.15, 0.2) is 0 Å². The van der Waals surface area contributed by atoms with Crippen molar-refractivity contribution in [1.82, 2.24) is 0 Å². The third-order valence-corrected chi connectivity index (χ3v) is 5.34. The summed E-state index contributed by atoms with van der Waals surface area (Å²) in [5, 5.41) is 23.6. The molecule has 2 aromatic rings. The van der Waals surface area contributed by atoms with E-state index in [0.29, 0.717) is 16.5 Å². The van der Waals surface area contributed by atoms with Gasteiger partial charge in [-0.1, -0.05) is 13.0 Å². The van der Waals surface area contributed by atoms with Crippen LogP contribution in [0, 0.1) is 27.4 Å². The van der Waals surface area contributed by atoms with Gasteiger partial charge in [-0.25, -0.2) is 0 Å². The Kier molecular flexibility index (Phi) is 4.32. The van der Waals surface area contributed by atoms with Gasteiger partial charge in [-0.15, -0.1) is 11.3 Å². The van der Waals surface area contributed by atoms with Crippen LogP contribution in [-0.2, 0) is 12.8 Å². The fraction of sp³-hybridized carbons (Fsp3) is 0.294. The average Bonchev–Trinajstić information content (AvgIpc) is 2.90. The lowest BCUT2D eigenvalue weighted by Crippen LogP contribution is -2.12. The largest absolute Gasteiger partial charge is 0.312 e. The van der Waals surface area contributed by atoms with Crippen LogP contribution < -0.4 is 5.32 Å². The minimum atomic E-state index is -0.539. The minimum absolute atomic E-state index is 0.137. The van der Waals surface area contributed by atoms with E-state index in [-0.39, 0.29) is 11.3 Å². The van der Waals surface area contributed by atoms with E-state index in [1.807, 2.05) is 0 Å². The van der Waals surface area contributed by atoms with Crippen molar-refractivity contribution in [3.63, 3.8) is 0 Å². The van der Waals surface area contributed by atoms with Crippen LogP contribution in [0.4, 0.5) is 10.7 Å². The highest BCUT2D eigenvalue weighted by molar-refractivity contribution is 7.16. The number of thiophene rings is 1. The molecule has 1 amide bonds. The van der Waals surface area contributed by atoms with Crippen molar-refractivity contribution >= 4 is 27.9 Å². The Bertz CT molecular complexity index is 866. The maximum atomic E-state index is 12.4. The van der Waals surface area contributed by atoms with Gasteiger partial charge in [0, 0.05) is 22.6 Å². The van der Waals surface area contributed by atoms with Crippen LogP contribution in [0.3, 0.4) is 0 Å². The number of carbonyl (C=O) groups is 1. The molecule has 122 valence electrons. The van der Waals surface area contributed by atoms with E-state index in [4.69, 9.17) is 0 Å². The summed E-state index contributed by atoms with van der Waals surface area (Å²) in [6.45, 7) is 2.18. The molecule has 0 spiro atoms. The number of hydrogen-bond acceptors (Lipinski definition) is 5. The summed E-state index contributed by atoms with van der Waals surface area (Å²) in [6.07, 6.45) is 2.81. The Hall–Kier alpha value is -2.72. The summed E-state index contributed by atoms with van der Waals surface area (Å²) >= 11 is 1.44. The van der Waals surface area contributed by atoms with E-state index in [2.05, 4.69) is 18.3 Å². The van der Waals surface area contributed by atoms with Gasteiger partial charge in [0.25, 0.3) is 11.6 Å². The topological polar surface area (TPSA) is 96.0 Å². The number of rotatable bonds is 3. The molecular weight excluding hydrogens is 326 g/mol. The van der Waals surface area contributed by atoms with E-state index in [0.717, 1.165) is 29.7 Å². The second kappa shape index (κ2) is 6.42. The molecule has 0 bridgehead atoms.